The van der Waals surface area contributed by atoms with Crippen molar-refractivity contribution in [3.8, 4) is 0 Å². The minimum Gasteiger partial charge on any atom is -0.322 e. The Kier molecular flexibility index (Phi) is 3.94. The van der Waals surface area contributed by atoms with Crippen molar-refractivity contribution in [2.24, 2.45) is 5.73 Å². The second-order valence-electron chi connectivity index (χ2n) is 4.57. The van der Waals surface area contributed by atoms with Gasteiger partial charge in [0.1, 0.15) is 5.01 Å². The van der Waals surface area contributed by atoms with Crippen LogP contribution in [0.15, 0.2) is 42.5 Å². The summed E-state index contributed by atoms with van der Waals surface area (Å²) in [6.45, 7) is 0. The van der Waals surface area contributed by atoms with Gasteiger partial charge in [0.2, 0.25) is 0 Å². The van der Waals surface area contributed by atoms with Crippen molar-refractivity contribution in [2.75, 3.05) is 0 Å². The molecule has 1 heterocycles. The zero-order chi connectivity index (χ0) is 14.1. The first-order valence-electron chi connectivity index (χ1n) is 6.18. The fourth-order valence-corrected chi connectivity index (χ4v) is 3.43. The standard InChI is InChI=1S/C15H12Cl2N2S/c16-10-5-6-11(17)9(7-10)8-12(18)15-19-13-3-1-2-4-14(13)20-15/h1-7,12H,8,18H2. The van der Waals surface area contributed by atoms with Gasteiger partial charge in [-0.1, -0.05) is 35.3 Å². The van der Waals surface area contributed by atoms with Crippen LogP contribution in [0.25, 0.3) is 10.2 Å². The highest BCUT2D eigenvalue weighted by atomic mass is 35.5. The molecule has 0 saturated heterocycles. The third-order valence-corrected chi connectivity index (χ3v) is 4.85. The van der Waals surface area contributed by atoms with Crippen molar-refractivity contribution in [1.82, 2.24) is 4.98 Å². The Morgan fingerprint density at radius 3 is 2.75 bits per heavy atom. The summed E-state index contributed by atoms with van der Waals surface area (Å²) in [6, 6.07) is 13.3. The van der Waals surface area contributed by atoms with Crippen LogP contribution in [-0.2, 0) is 6.42 Å². The van der Waals surface area contributed by atoms with Crippen LogP contribution in [0.5, 0.6) is 0 Å². The monoisotopic (exact) mass is 322 g/mol. The number of halogens is 2. The number of hydrogen-bond donors (Lipinski definition) is 1. The van der Waals surface area contributed by atoms with E-state index in [0.29, 0.717) is 16.5 Å². The molecule has 0 amide bonds. The van der Waals surface area contributed by atoms with Crippen molar-refractivity contribution < 1.29 is 0 Å². The predicted molar refractivity (Wildman–Crippen MR) is 86.7 cm³/mol. The van der Waals surface area contributed by atoms with Gasteiger partial charge in [-0.15, -0.1) is 11.3 Å². The van der Waals surface area contributed by atoms with Crippen LogP contribution in [0, 0.1) is 0 Å². The Hall–Kier alpha value is -1.13. The van der Waals surface area contributed by atoms with E-state index in [1.807, 2.05) is 24.3 Å². The predicted octanol–water partition coefficient (Wildman–Crippen LogP) is 4.85. The van der Waals surface area contributed by atoms with Gasteiger partial charge in [-0.3, -0.25) is 0 Å². The molecule has 102 valence electrons. The molecule has 0 aliphatic rings. The first-order chi connectivity index (χ1) is 9.63. The van der Waals surface area contributed by atoms with Crippen LogP contribution in [0.2, 0.25) is 10.0 Å². The zero-order valence-corrected chi connectivity index (χ0v) is 12.8. The van der Waals surface area contributed by atoms with E-state index in [9.17, 15) is 0 Å². The summed E-state index contributed by atoms with van der Waals surface area (Å²) in [5.41, 5.74) is 8.19. The van der Waals surface area contributed by atoms with E-state index in [4.69, 9.17) is 28.9 Å². The molecule has 3 aromatic rings. The van der Waals surface area contributed by atoms with Gasteiger partial charge in [0, 0.05) is 10.0 Å². The second-order valence-corrected chi connectivity index (χ2v) is 6.47. The molecular weight excluding hydrogens is 311 g/mol. The number of para-hydroxylation sites is 1. The number of aromatic nitrogens is 1. The molecule has 20 heavy (non-hydrogen) atoms. The largest absolute Gasteiger partial charge is 0.322 e. The average molecular weight is 323 g/mol. The van der Waals surface area contributed by atoms with Crippen LogP contribution in [-0.4, -0.2) is 4.98 Å². The number of rotatable bonds is 3. The van der Waals surface area contributed by atoms with Crippen LogP contribution in [0.1, 0.15) is 16.6 Å². The van der Waals surface area contributed by atoms with Crippen LogP contribution < -0.4 is 5.73 Å². The van der Waals surface area contributed by atoms with Gasteiger partial charge in [0.05, 0.1) is 16.3 Å². The number of thiazole rings is 1. The molecule has 2 aromatic carbocycles. The molecule has 1 aromatic heterocycles. The maximum atomic E-state index is 6.26. The quantitative estimate of drug-likeness (QED) is 0.748. The van der Waals surface area contributed by atoms with Gasteiger partial charge in [-0.2, -0.15) is 0 Å². The first-order valence-corrected chi connectivity index (χ1v) is 7.76. The molecule has 0 radical (unpaired) electrons. The molecule has 2 nitrogen and oxygen atoms in total. The SMILES string of the molecule is NC(Cc1cc(Cl)ccc1Cl)c1nc2ccccc2s1. The van der Waals surface area contributed by atoms with Crippen molar-refractivity contribution in [3.05, 3.63) is 63.1 Å². The summed E-state index contributed by atoms with van der Waals surface area (Å²) in [4.78, 5) is 4.58. The summed E-state index contributed by atoms with van der Waals surface area (Å²) in [5.74, 6) is 0. The number of benzene rings is 2. The maximum absolute atomic E-state index is 6.26. The topological polar surface area (TPSA) is 38.9 Å². The number of fused-ring (bicyclic) bond motifs is 1. The second kappa shape index (κ2) is 5.70. The Balaban J connectivity index is 1.88. The van der Waals surface area contributed by atoms with E-state index in [0.717, 1.165) is 20.8 Å². The summed E-state index contributed by atoms with van der Waals surface area (Å²) in [6.07, 6.45) is 0.624. The smallest absolute Gasteiger partial charge is 0.111 e. The molecule has 5 heteroatoms. The third kappa shape index (κ3) is 2.81. The van der Waals surface area contributed by atoms with E-state index in [2.05, 4.69) is 11.1 Å². The molecule has 0 bridgehead atoms. The molecule has 2 N–H and O–H groups in total. The molecular formula is C15H12Cl2N2S. The molecule has 0 spiro atoms. The molecule has 1 unspecified atom stereocenters. The van der Waals surface area contributed by atoms with Gasteiger partial charge in [0.25, 0.3) is 0 Å². The van der Waals surface area contributed by atoms with Gasteiger partial charge in [0.15, 0.2) is 0 Å². The Morgan fingerprint density at radius 2 is 1.95 bits per heavy atom. The van der Waals surface area contributed by atoms with Gasteiger partial charge >= 0.3 is 0 Å². The molecule has 3 rings (SSSR count). The lowest BCUT2D eigenvalue weighted by atomic mass is 10.1. The van der Waals surface area contributed by atoms with E-state index in [1.165, 1.54) is 0 Å². The van der Waals surface area contributed by atoms with Crippen molar-refractivity contribution in [1.29, 1.82) is 0 Å². The Morgan fingerprint density at radius 1 is 1.15 bits per heavy atom. The van der Waals surface area contributed by atoms with Crippen molar-refractivity contribution in [3.63, 3.8) is 0 Å². The fraction of sp³-hybridized carbons (Fsp3) is 0.133. The molecule has 1 atom stereocenters. The molecule has 0 aliphatic heterocycles. The van der Waals surface area contributed by atoms with Crippen molar-refractivity contribution in [2.45, 2.75) is 12.5 Å². The lowest BCUT2D eigenvalue weighted by Crippen LogP contribution is -2.13. The van der Waals surface area contributed by atoms with Crippen LogP contribution >= 0.6 is 34.5 Å². The fourth-order valence-electron chi connectivity index (χ4n) is 2.07. The number of nitrogens with two attached hydrogens (primary N) is 1. The van der Waals surface area contributed by atoms with Crippen LogP contribution in [0.3, 0.4) is 0 Å². The molecule has 0 saturated carbocycles. The highest BCUT2D eigenvalue weighted by Gasteiger charge is 2.14. The maximum Gasteiger partial charge on any atom is 0.111 e. The first kappa shape index (κ1) is 13.8. The Labute approximate surface area is 131 Å². The summed E-state index contributed by atoms with van der Waals surface area (Å²) >= 11 is 13.8. The highest BCUT2D eigenvalue weighted by molar-refractivity contribution is 7.18. The van der Waals surface area contributed by atoms with Crippen LogP contribution in [0.4, 0.5) is 0 Å². The number of hydrogen-bond acceptors (Lipinski definition) is 3. The van der Waals surface area contributed by atoms with Gasteiger partial charge < -0.3 is 5.73 Å². The summed E-state index contributed by atoms with van der Waals surface area (Å²) in [7, 11) is 0. The highest BCUT2D eigenvalue weighted by Crippen LogP contribution is 2.29. The summed E-state index contributed by atoms with van der Waals surface area (Å²) < 4.78 is 1.15. The molecule has 0 fully saturated rings. The minimum atomic E-state index is -0.177. The minimum absolute atomic E-state index is 0.177. The normalized spacial score (nSPS) is 12.8. The van der Waals surface area contributed by atoms with E-state index < -0.39 is 0 Å². The van der Waals surface area contributed by atoms with E-state index in [-0.39, 0.29) is 6.04 Å². The lowest BCUT2D eigenvalue weighted by Gasteiger charge is -2.10. The Bertz CT molecular complexity index is 721. The number of nitrogens with zero attached hydrogens (tertiary/aromatic N) is 1. The zero-order valence-electron chi connectivity index (χ0n) is 10.5. The summed E-state index contributed by atoms with van der Waals surface area (Å²) in [5, 5.41) is 2.27. The van der Waals surface area contributed by atoms with E-state index in [1.54, 1.807) is 23.5 Å². The average Bonchev–Trinajstić information content (AvgIpc) is 2.87. The van der Waals surface area contributed by atoms with Gasteiger partial charge in [-0.25, -0.2) is 4.98 Å². The van der Waals surface area contributed by atoms with E-state index >= 15 is 0 Å². The van der Waals surface area contributed by atoms with Gasteiger partial charge in [-0.05, 0) is 42.3 Å². The lowest BCUT2D eigenvalue weighted by molar-refractivity contribution is 0.717. The van der Waals surface area contributed by atoms with Crippen molar-refractivity contribution >= 4 is 44.8 Å². The molecule has 0 aliphatic carbocycles. The third-order valence-electron chi connectivity index (χ3n) is 3.08.